The lowest BCUT2D eigenvalue weighted by atomic mass is 9.84. The summed E-state index contributed by atoms with van der Waals surface area (Å²) in [7, 11) is 4.15. The van der Waals surface area contributed by atoms with Crippen molar-refractivity contribution in [2.75, 3.05) is 20.6 Å². The van der Waals surface area contributed by atoms with Gasteiger partial charge in [-0.3, -0.25) is 0 Å². The van der Waals surface area contributed by atoms with Crippen molar-refractivity contribution in [1.29, 1.82) is 5.26 Å². The van der Waals surface area contributed by atoms with Gasteiger partial charge in [0.05, 0.1) is 6.07 Å². The molecule has 0 amide bonds. The fourth-order valence-corrected chi connectivity index (χ4v) is 3.25. The predicted molar refractivity (Wildman–Crippen MR) is 85.6 cm³/mol. The number of nitrogens with one attached hydrogen (secondary N) is 1. The van der Waals surface area contributed by atoms with Crippen molar-refractivity contribution < 1.29 is 0 Å². The number of hydrogen-bond acceptors (Lipinski definition) is 3. The Morgan fingerprint density at radius 1 is 1.25 bits per heavy atom. The van der Waals surface area contributed by atoms with E-state index < -0.39 is 0 Å². The molecule has 1 unspecified atom stereocenters. The second-order valence-corrected chi connectivity index (χ2v) is 6.71. The van der Waals surface area contributed by atoms with Gasteiger partial charge in [-0.25, -0.2) is 0 Å². The van der Waals surface area contributed by atoms with E-state index in [2.05, 4.69) is 30.3 Å². The van der Waals surface area contributed by atoms with E-state index in [-0.39, 0.29) is 5.54 Å². The summed E-state index contributed by atoms with van der Waals surface area (Å²) in [4.78, 5) is 2.55. The predicted octanol–water partition coefficient (Wildman–Crippen LogP) is 3.56. The molecule has 1 aliphatic carbocycles. The van der Waals surface area contributed by atoms with E-state index in [0.29, 0.717) is 0 Å². The first kappa shape index (κ1) is 17.5. The average molecular weight is 279 g/mol. The van der Waals surface area contributed by atoms with E-state index in [1.807, 2.05) is 14.0 Å². The standard InChI is InChI=1S/C17H33N3/c1-5-15-8-10-16(11-9-15)20(4)13-7-6-12-17(2,14-18)19-3/h15-16,19H,5-13H2,1-4H3. The Morgan fingerprint density at radius 3 is 2.40 bits per heavy atom. The molecule has 1 aliphatic rings. The quantitative estimate of drug-likeness (QED) is 0.691. The third-order valence-electron chi connectivity index (χ3n) is 5.25. The molecule has 1 rings (SSSR count). The van der Waals surface area contributed by atoms with Gasteiger partial charge in [0, 0.05) is 6.04 Å². The Morgan fingerprint density at radius 2 is 1.90 bits per heavy atom. The van der Waals surface area contributed by atoms with Crippen LogP contribution in [0.1, 0.15) is 65.2 Å². The molecular weight excluding hydrogens is 246 g/mol. The lowest BCUT2D eigenvalue weighted by Gasteiger charge is -2.34. The molecule has 20 heavy (non-hydrogen) atoms. The summed E-state index contributed by atoms with van der Waals surface area (Å²) >= 11 is 0. The van der Waals surface area contributed by atoms with Crippen LogP contribution < -0.4 is 5.32 Å². The molecule has 0 aromatic heterocycles. The lowest BCUT2D eigenvalue weighted by Crippen LogP contribution is -2.38. The Kier molecular flexibility index (Phi) is 7.55. The number of unbranched alkanes of at least 4 members (excludes halogenated alkanes) is 1. The van der Waals surface area contributed by atoms with Crippen molar-refractivity contribution in [2.24, 2.45) is 5.92 Å². The molecule has 0 radical (unpaired) electrons. The molecule has 1 fully saturated rings. The van der Waals surface area contributed by atoms with Crippen LogP contribution in [0.3, 0.4) is 0 Å². The summed E-state index contributed by atoms with van der Waals surface area (Å²) in [5.74, 6) is 0.978. The molecule has 1 N–H and O–H groups in total. The van der Waals surface area contributed by atoms with Crippen LogP contribution in [-0.2, 0) is 0 Å². The Labute approximate surface area is 125 Å². The van der Waals surface area contributed by atoms with Crippen LogP contribution in [0.4, 0.5) is 0 Å². The minimum atomic E-state index is -0.349. The first-order valence-electron chi connectivity index (χ1n) is 8.35. The van der Waals surface area contributed by atoms with Gasteiger partial charge >= 0.3 is 0 Å². The Balaban J connectivity index is 2.18. The smallest absolute Gasteiger partial charge is 0.103 e. The highest BCUT2D eigenvalue weighted by molar-refractivity contribution is 5.02. The molecule has 0 aliphatic heterocycles. The van der Waals surface area contributed by atoms with Crippen LogP contribution in [0.5, 0.6) is 0 Å². The van der Waals surface area contributed by atoms with Gasteiger partial charge in [0.15, 0.2) is 0 Å². The van der Waals surface area contributed by atoms with Crippen molar-refractivity contribution in [3.8, 4) is 6.07 Å². The van der Waals surface area contributed by atoms with Gasteiger partial charge in [-0.05, 0) is 78.4 Å². The van der Waals surface area contributed by atoms with Crippen molar-refractivity contribution in [1.82, 2.24) is 10.2 Å². The minimum absolute atomic E-state index is 0.349. The molecule has 1 atom stereocenters. The largest absolute Gasteiger partial charge is 0.303 e. The van der Waals surface area contributed by atoms with E-state index in [1.54, 1.807) is 0 Å². The summed E-state index contributed by atoms with van der Waals surface area (Å²) in [6.07, 6.45) is 10.2. The van der Waals surface area contributed by atoms with Crippen molar-refractivity contribution in [3.63, 3.8) is 0 Å². The van der Waals surface area contributed by atoms with Gasteiger partial charge in [0.1, 0.15) is 5.54 Å². The number of rotatable bonds is 8. The molecule has 116 valence electrons. The maximum atomic E-state index is 9.12. The SMILES string of the molecule is CCC1CCC(N(C)CCCCC(C)(C#N)NC)CC1. The van der Waals surface area contributed by atoms with Gasteiger partial charge in [0.25, 0.3) is 0 Å². The van der Waals surface area contributed by atoms with E-state index in [4.69, 9.17) is 5.26 Å². The van der Waals surface area contributed by atoms with Gasteiger partial charge in [-0.1, -0.05) is 13.3 Å². The number of nitriles is 1. The molecule has 3 nitrogen and oxygen atoms in total. The minimum Gasteiger partial charge on any atom is -0.303 e. The topological polar surface area (TPSA) is 39.1 Å². The van der Waals surface area contributed by atoms with E-state index in [0.717, 1.165) is 24.8 Å². The highest BCUT2D eigenvalue weighted by atomic mass is 15.1. The first-order chi connectivity index (χ1) is 9.54. The zero-order chi connectivity index (χ0) is 15.0. The first-order valence-corrected chi connectivity index (χ1v) is 8.35. The van der Waals surface area contributed by atoms with Crippen LogP contribution >= 0.6 is 0 Å². The monoisotopic (exact) mass is 279 g/mol. The number of nitrogens with zero attached hydrogens (tertiary/aromatic N) is 2. The fourth-order valence-electron chi connectivity index (χ4n) is 3.25. The molecule has 0 aromatic carbocycles. The third kappa shape index (κ3) is 5.42. The second kappa shape index (κ2) is 8.64. The second-order valence-electron chi connectivity index (χ2n) is 6.71. The Bertz CT molecular complexity index is 302. The summed E-state index contributed by atoms with van der Waals surface area (Å²) < 4.78 is 0. The van der Waals surface area contributed by atoms with Gasteiger partial charge in [0.2, 0.25) is 0 Å². The van der Waals surface area contributed by atoms with Crippen LogP contribution in [0.15, 0.2) is 0 Å². The molecule has 1 saturated carbocycles. The van der Waals surface area contributed by atoms with Crippen LogP contribution in [0, 0.1) is 17.2 Å². The summed E-state index contributed by atoms with van der Waals surface area (Å²) in [6.45, 7) is 5.48. The van der Waals surface area contributed by atoms with Gasteiger partial charge in [-0.15, -0.1) is 0 Å². The molecule has 0 spiro atoms. The normalized spacial score (nSPS) is 26.2. The fraction of sp³-hybridized carbons (Fsp3) is 0.941. The van der Waals surface area contributed by atoms with Crippen LogP contribution in [-0.4, -0.2) is 37.1 Å². The molecule has 0 bridgehead atoms. The number of hydrogen-bond donors (Lipinski definition) is 1. The average Bonchev–Trinajstić information content (AvgIpc) is 2.51. The highest BCUT2D eigenvalue weighted by Crippen LogP contribution is 2.29. The van der Waals surface area contributed by atoms with Crippen LogP contribution in [0.25, 0.3) is 0 Å². The maximum Gasteiger partial charge on any atom is 0.103 e. The summed E-state index contributed by atoms with van der Waals surface area (Å²) in [5.41, 5.74) is -0.349. The Hall–Kier alpha value is -0.590. The van der Waals surface area contributed by atoms with E-state index >= 15 is 0 Å². The third-order valence-corrected chi connectivity index (χ3v) is 5.25. The van der Waals surface area contributed by atoms with Gasteiger partial charge in [-0.2, -0.15) is 5.26 Å². The maximum absolute atomic E-state index is 9.12. The van der Waals surface area contributed by atoms with E-state index in [1.165, 1.54) is 45.1 Å². The molecular formula is C17H33N3. The van der Waals surface area contributed by atoms with E-state index in [9.17, 15) is 0 Å². The molecule has 0 heterocycles. The molecule has 3 heteroatoms. The van der Waals surface area contributed by atoms with Crippen molar-refractivity contribution in [3.05, 3.63) is 0 Å². The molecule has 0 aromatic rings. The zero-order valence-electron chi connectivity index (χ0n) is 13.9. The zero-order valence-corrected chi connectivity index (χ0v) is 13.9. The summed E-state index contributed by atoms with van der Waals surface area (Å²) in [5, 5.41) is 12.2. The van der Waals surface area contributed by atoms with Gasteiger partial charge < -0.3 is 10.2 Å². The van der Waals surface area contributed by atoms with Crippen LogP contribution in [0.2, 0.25) is 0 Å². The lowest BCUT2D eigenvalue weighted by molar-refractivity contribution is 0.160. The van der Waals surface area contributed by atoms with Crippen molar-refractivity contribution in [2.45, 2.75) is 76.8 Å². The summed E-state index contributed by atoms with van der Waals surface area (Å²) in [6, 6.07) is 3.16. The highest BCUT2D eigenvalue weighted by Gasteiger charge is 2.23. The molecule has 0 saturated heterocycles. The van der Waals surface area contributed by atoms with Crippen molar-refractivity contribution >= 4 is 0 Å².